The van der Waals surface area contributed by atoms with E-state index in [1.54, 1.807) is 20.8 Å². The number of nitrogen functional groups attached to an aromatic ring is 1. The van der Waals surface area contributed by atoms with Gasteiger partial charge in [-0.25, -0.2) is 23.2 Å². The molecule has 22 heavy (non-hydrogen) atoms. The molecule has 0 aliphatic carbocycles. The molecule has 0 saturated heterocycles. The predicted molar refractivity (Wildman–Crippen MR) is 79.9 cm³/mol. The first-order valence-electron chi connectivity index (χ1n) is 6.80. The molecule has 0 fully saturated rings. The van der Waals surface area contributed by atoms with E-state index in [0.29, 0.717) is 24.2 Å². The maximum absolute atomic E-state index is 12.1. The number of carbonyl (C=O) groups excluding carboxylic acids is 1. The highest BCUT2D eigenvalue weighted by atomic mass is 32.2. The molecule has 1 aromatic rings. The van der Waals surface area contributed by atoms with Crippen molar-refractivity contribution >= 4 is 21.7 Å². The molecule has 1 aromatic heterocycles. The van der Waals surface area contributed by atoms with Crippen LogP contribution in [0.5, 0.6) is 0 Å². The quantitative estimate of drug-likeness (QED) is 0.756. The van der Waals surface area contributed by atoms with Gasteiger partial charge in [0, 0.05) is 18.4 Å². The number of amides is 1. The smallest absolute Gasteiger partial charge is 0.410 e. The highest BCUT2D eigenvalue weighted by molar-refractivity contribution is 7.90. The molecule has 1 amide bonds. The Bertz CT molecular complexity index is 709. The molecule has 0 radical (unpaired) electrons. The molecule has 0 unspecified atom stereocenters. The van der Waals surface area contributed by atoms with Crippen LogP contribution in [0.4, 0.5) is 10.6 Å². The number of aromatic nitrogens is 2. The zero-order valence-corrected chi connectivity index (χ0v) is 13.9. The first-order valence-corrected chi connectivity index (χ1v) is 8.70. The van der Waals surface area contributed by atoms with Crippen LogP contribution >= 0.6 is 0 Å². The van der Waals surface area contributed by atoms with Gasteiger partial charge in [0.25, 0.3) is 0 Å². The number of nitrogens with zero attached hydrogens (tertiary/aromatic N) is 3. The summed E-state index contributed by atoms with van der Waals surface area (Å²) < 4.78 is 28.5. The zero-order valence-electron chi connectivity index (χ0n) is 13.1. The number of carbonyl (C=O) groups is 1. The number of anilines is 1. The van der Waals surface area contributed by atoms with Crippen LogP contribution in [0, 0.1) is 0 Å². The van der Waals surface area contributed by atoms with Crippen LogP contribution < -0.4 is 5.73 Å². The molecule has 0 atom stereocenters. The number of nitrogens with two attached hydrogens (primary N) is 1. The lowest BCUT2D eigenvalue weighted by Crippen LogP contribution is -2.40. The van der Waals surface area contributed by atoms with Gasteiger partial charge in [-0.1, -0.05) is 0 Å². The van der Waals surface area contributed by atoms with Crippen molar-refractivity contribution in [2.24, 2.45) is 0 Å². The standard InChI is InChI=1S/C13H20N4O4S/c1-13(2,3)21-12(18)17-6-5-8-9(7-17)15-11(16-10(8)14)22(4,19)20/h5-7H2,1-4H3,(H2,14,15,16). The molecule has 1 aliphatic heterocycles. The first kappa shape index (κ1) is 16.5. The lowest BCUT2D eigenvalue weighted by atomic mass is 10.1. The summed E-state index contributed by atoms with van der Waals surface area (Å²) in [5.41, 5.74) is 6.35. The Morgan fingerprint density at radius 2 is 1.95 bits per heavy atom. The molecule has 122 valence electrons. The Morgan fingerprint density at radius 1 is 1.32 bits per heavy atom. The summed E-state index contributed by atoms with van der Waals surface area (Å²) in [6.45, 7) is 5.92. The molecule has 8 nitrogen and oxygen atoms in total. The third-order valence-corrected chi connectivity index (χ3v) is 3.91. The van der Waals surface area contributed by atoms with Gasteiger partial charge >= 0.3 is 6.09 Å². The number of hydrogen-bond acceptors (Lipinski definition) is 7. The third-order valence-electron chi connectivity index (χ3n) is 3.06. The van der Waals surface area contributed by atoms with Crippen molar-refractivity contribution in [3.05, 3.63) is 11.3 Å². The summed E-state index contributed by atoms with van der Waals surface area (Å²) in [5.74, 6) is 0.147. The molecular formula is C13H20N4O4S. The second kappa shape index (κ2) is 5.38. The molecule has 0 aromatic carbocycles. The summed E-state index contributed by atoms with van der Waals surface area (Å²) in [6, 6.07) is 0. The normalized spacial score (nSPS) is 15.4. The van der Waals surface area contributed by atoms with E-state index in [4.69, 9.17) is 10.5 Å². The Hall–Kier alpha value is -1.90. The van der Waals surface area contributed by atoms with E-state index in [1.165, 1.54) is 4.90 Å². The second-order valence-corrected chi connectivity index (χ2v) is 8.15. The average Bonchev–Trinajstić information content (AvgIpc) is 2.34. The summed E-state index contributed by atoms with van der Waals surface area (Å²) in [4.78, 5) is 21.5. The van der Waals surface area contributed by atoms with Gasteiger partial charge in [0.05, 0.1) is 12.2 Å². The number of rotatable bonds is 1. The molecule has 2 N–H and O–H groups in total. The van der Waals surface area contributed by atoms with Gasteiger partial charge in [0.15, 0.2) is 0 Å². The van der Waals surface area contributed by atoms with Crippen LogP contribution in [0.25, 0.3) is 0 Å². The zero-order chi connectivity index (χ0) is 16.7. The SMILES string of the molecule is CC(C)(C)OC(=O)N1CCc2c(N)nc(S(C)(=O)=O)nc2C1. The van der Waals surface area contributed by atoms with Gasteiger partial charge < -0.3 is 15.4 Å². The molecular weight excluding hydrogens is 308 g/mol. The summed E-state index contributed by atoms with van der Waals surface area (Å²) in [6.07, 6.45) is 1.02. The van der Waals surface area contributed by atoms with E-state index in [1.807, 2.05) is 0 Å². The van der Waals surface area contributed by atoms with Crippen LogP contribution in [-0.2, 0) is 27.5 Å². The van der Waals surface area contributed by atoms with E-state index in [0.717, 1.165) is 6.26 Å². The minimum Gasteiger partial charge on any atom is -0.444 e. The third kappa shape index (κ3) is 3.65. The molecule has 0 spiro atoms. The van der Waals surface area contributed by atoms with Crippen LogP contribution in [-0.4, -0.2) is 47.8 Å². The van der Waals surface area contributed by atoms with Gasteiger partial charge in [-0.2, -0.15) is 0 Å². The maximum atomic E-state index is 12.1. The topological polar surface area (TPSA) is 115 Å². The number of fused-ring (bicyclic) bond motifs is 1. The molecule has 0 saturated carbocycles. The summed E-state index contributed by atoms with van der Waals surface area (Å²) in [7, 11) is -3.56. The molecule has 2 rings (SSSR count). The van der Waals surface area contributed by atoms with Crippen molar-refractivity contribution in [2.45, 2.75) is 44.5 Å². The summed E-state index contributed by atoms with van der Waals surface area (Å²) >= 11 is 0. The number of sulfone groups is 1. The van der Waals surface area contributed by atoms with Crippen molar-refractivity contribution in [2.75, 3.05) is 18.5 Å². The van der Waals surface area contributed by atoms with Crippen LogP contribution in [0.3, 0.4) is 0 Å². The largest absolute Gasteiger partial charge is 0.444 e. The van der Waals surface area contributed by atoms with Crippen molar-refractivity contribution < 1.29 is 17.9 Å². The molecule has 0 bridgehead atoms. The van der Waals surface area contributed by atoms with Gasteiger partial charge in [-0.15, -0.1) is 0 Å². The maximum Gasteiger partial charge on any atom is 0.410 e. The second-order valence-electron chi connectivity index (χ2n) is 6.24. The van der Waals surface area contributed by atoms with Gasteiger partial charge in [0.2, 0.25) is 15.0 Å². The molecule has 2 heterocycles. The fourth-order valence-electron chi connectivity index (χ4n) is 2.08. The molecule has 9 heteroatoms. The minimum absolute atomic E-state index is 0.147. The fourth-order valence-corrected chi connectivity index (χ4v) is 2.62. The number of ether oxygens (including phenoxy) is 1. The van der Waals surface area contributed by atoms with Crippen LogP contribution in [0.15, 0.2) is 5.16 Å². The minimum atomic E-state index is -3.56. The van der Waals surface area contributed by atoms with Gasteiger partial charge in [-0.3, -0.25) is 0 Å². The van der Waals surface area contributed by atoms with Gasteiger partial charge in [-0.05, 0) is 27.2 Å². The van der Waals surface area contributed by atoms with E-state index in [9.17, 15) is 13.2 Å². The number of hydrogen-bond donors (Lipinski definition) is 1. The van der Waals surface area contributed by atoms with E-state index in [2.05, 4.69) is 9.97 Å². The lowest BCUT2D eigenvalue weighted by molar-refractivity contribution is 0.0220. The highest BCUT2D eigenvalue weighted by Gasteiger charge is 2.29. The Morgan fingerprint density at radius 3 is 2.50 bits per heavy atom. The van der Waals surface area contributed by atoms with Crippen LogP contribution in [0.2, 0.25) is 0 Å². The first-order chi connectivity index (χ1) is 9.97. The van der Waals surface area contributed by atoms with Crippen molar-refractivity contribution in [3.63, 3.8) is 0 Å². The van der Waals surface area contributed by atoms with E-state index in [-0.39, 0.29) is 17.5 Å². The Kier molecular flexibility index (Phi) is 4.03. The van der Waals surface area contributed by atoms with E-state index < -0.39 is 21.5 Å². The van der Waals surface area contributed by atoms with Crippen molar-refractivity contribution in [1.82, 2.24) is 14.9 Å². The molecule has 1 aliphatic rings. The van der Waals surface area contributed by atoms with Gasteiger partial charge in [0.1, 0.15) is 11.4 Å². The fraction of sp³-hybridized carbons (Fsp3) is 0.615. The summed E-state index contributed by atoms with van der Waals surface area (Å²) in [5, 5.41) is -0.324. The monoisotopic (exact) mass is 328 g/mol. The lowest BCUT2D eigenvalue weighted by Gasteiger charge is -2.31. The Balaban J connectivity index is 2.30. The highest BCUT2D eigenvalue weighted by Crippen LogP contribution is 2.24. The van der Waals surface area contributed by atoms with Crippen molar-refractivity contribution in [3.8, 4) is 0 Å². The van der Waals surface area contributed by atoms with Crippen molar-refractivity contribution in [1.29, 1.82) is 0 Å². The predicted octanol–water partition coefficient (Wildman–Crippen LogP) is 0.756. The Labute approximate surface area is 129 Å². The average molecular weight is 328 g/mol. The van der Waals surface area contributed by atoms with Crippen LogP contribution in [0.1, 0.15) is 32.0 Å². The van der Waals surface area contributed by atoms with E-state index >= 15 is 0 Å².